The minimum absolute atomic E-state index is 0.0408. The number of ether oxygens (including phenoxy) is 2. The molecular weight excluding hydrogens is 297 g/mol. The molecule has 1 heterocycles. The molecule has 1 atom stereocenters. The maximum absolute atomic E-state index is 13.5. The fraction of sp³-hybridized carbons (Fsp3) is 0.667. The second-order valence-corrected chi connectivity index (χ2v) is 6.54. The summed E-state index contributed by atoms with van der Waals surface area (Å²) in [6.45, 7) is 3.57. The van der Waals surface area contributed by atoms with Crippen LogP contribution >= 0.6 is 0 Å². The van der Waals surface area contributed by atoms with Gasteiger partial charge in [-0.2, -0.15) is 0 Å². The van der Waals surface area contributed by atoms with Crippen molar-refractivity contribution in [3.63, 3.8) is 0 Å². The highest BCUT2D eigenvalue weighted by molar-refractivity contribution is 5.30. The number of likely N-dealkylation sites (tertiary alicyclic amines) is 1. The molecule has 5 heteroatoms. The molecule has 0 aromatic heterocycles. The Morgan fingerprint density at radius 3 is 2.87 bits per heavy atom. The fourth-order valence-corrected chi connectivity index (χ4v) is 3.51. The molecule has 0 bridgehead atoms. The molecule has 1 aromatic rings. The topological polar surface area (TPSA) is 41.9 Å². The van der Waals surface area contributed by atoms with E-state index in [-0.39, 0.29) is 23.6 Å². The van der Waals surface area contributed by atoms with Crippen LogP contribution in [0.3, 0.4) is 0 Å². The Morgan fingerprint density at radius 2 is 2.17 bits per heavy atom. The number of piperidine rings is 1. The summed E-state index contributed by atoms with van der Waals surface area (Å²) in [5, 5.41) is 9.91. The second-order valence-electron chi connectivity index (χ2n) is 6.54. The van der Waals surface area contributed by atoms with Gasteiger partial charge in [-0.15, -0.1) is 0 Å². The first-order valence-electron chi connectivity index (χ1n) is 8.27. The Hall–Kier alpha value is -1.17. The van der Waals surface area contributed by atoms with Crippen LogP contribution in [0.25, 0.3) is 0 Å². The lowest BCUT2D eigenvalue weighted by atomic mass is 9.77. The summed E-state index contributed by atoms with van der Waals surface area (Å²) in [5.41, 5.74) is 0.995. The predicted octanol–water partition coefficient (Wildman–Crippen LogP) is 2.84. The summed E-state index contributed by atoms with van der Waals surface area (Å²) in [4.78, 5) is 2.35. The predicted molar refractivity (Wildman–Crippen MR) is 88.1 cm³/mol. The number of methoxy groups -OCH3 is 2. The molecule has 0 amide bonds. The van der Waals surface area contributed by atoms with Gasteiger partial charge in [0, 0.05) is 38.8 Å². The van der Waals surface area contributed by atoms with Crippen LogP contribution in [0.4, 0.5) is 4.39 Å². The van der Waals surface area contributed by atoms with Crippen molar-refractivity contribution in [3.05, 3.63) is 29.6 Å². The number of aliphatic hydroxyl groups is 1. The minimum atomic E-state index is -0.334. The van der Waals surface area contributed by atoms with Crippen LogP contribution in [0.2, 0.25) is 0 Å². The Kier molecular flexibility index (Phi) is 6.81. The maximum atomic E-state index is 13.5. The van der Waals surface area contributed by atoms with Crippen molar-refractivity contribution in [2.45, 2.75) is 32.2 Å². The highest BCUT2D eigenvalue weighted by Crippen LogP contribution is 2.35. The number of benzene rings is 1. The van der Waals surface area contributed by atoms with Crippen molar-refractivity contribution in [2.75, 3.05) is 40.5 Å². The molecule has 1 aliphatic heterocycles. The smallest absolute Gasteiger partial charge is 0.165 e. The molecule has 1 aliphatic rings. The zero-order valence-electron chi connectivity index (χ0n) is 14.2. The molecule has 1 saturated heterocycles. The lowest BCUT2D eigenvalue weighted by Crippen LogP contribution is -2.45. The largest absolute Gasteiger partial charge is 0.494 e. The molecule has 0 radical (unpaired) electrons. The summed E-state index contributed by atoms with van der Waals surface area (Å²) in [6.07, 6.45) is 4.07. The Morgan fingerprint density at radius 1 is 1.35 bits per heavy atom. The van der Waals surface area contributed by atoms with Gasteiger partial charge >= 0.3 is 0 Å². The molecule has 4 nitrogen and oxygen atoms in total. The molecule has 0 saturated carbocycles. The Balaban J connectivity index is 1.99. The summed E-state index contributed by atoms with van der Waals surface area (Å²) >= 11 is 0. The third kappa shape index (κ3) is 4.90. The lowest BCUT2D eigenvalue weighted by Gasteiger charge is -2.42. The van der Waals surface area contributed by atoms with E-state index in [1.165, 1.54) is 13.2 Å². The number of halogens is 1. The molecular formula is C18H28FNO3. The molecule has 0 aliphatic carbocycles. The highest BCUT2D eigenvalue weighted by atomic mass is 19.1. The first-order valence-corrected chi connectivity index (χ1v) is 8.27. The molecule has 0 spiro atoms. The average molecular weight is 325 g/mol. The standard InChI is InChI=1S/C18H28FNO3/c1-22-10-4-8-18(14-21)7-3-9-20(13-18)12-15-5-6-16(19)17(11-15)23-2/h5-6,11,21H,3-4,7-10,12-14H2,1-2H3/t18-/m1/s1. The summed E-state index contributed by atoms with van der Waals surface area (Å²) < 4.78 is 23.7. The van der Waals surface area contributed by atoms with Crippen LogP contribution in [0.15, 0.2) is 18.2 Å². The van der Waals surface area contributed by atoms with E-state index in [2.05, 4.69) is 4.90 Å². The van der Waals surface area contributed by atoms with E-state index in [0.717, 1.165) is 57.5 Å². The quantitative estimate of drug-likeness (QED) is 0.746. The first-order chi connectivity index (χ1) is 11.1. The Bertz CT molecular complexity index is 497. The zero-order chi connectivity index (χ0) is 16.7. The highest BCUT2D eigenvalue weighted by Gasteiger charge is 2.34. The van der Waals surface area contributed by atoms with E-state index in [9.17, 15) is 9.50 Å². The van der Waals surface area contributed by atoms with Gasteiger partial charge in [-0.25, -0.2) is 4.39 Å². The van der Waals surface area contributed by atoms with E-state index in [1.807, 2.05) is 0 Å². The molecule has 1 N–H and O–H groups in total. The van der Waals surface area contributed by atoms with Crippen molar-refractivity contribution in [1.29, 1.82) is 0 Å². The normalized spacial score (nSPS) is 22.3. The van der Waals surface area contributed by atoms with Crippen molar-refractivity contribution < 1.29 is 19.0 Å². The van der Waals surface area contributed by atoms with Gasteiger partial charge in [-0.05, 0) is 49.9 Å². The zero-order valence-corrected chi connectivity index (χ0v) is 14.2. The molecule has 1 aromatic carbocycles. The van der Waals surface area contributed by atoms with Gasteiger partial charge in [-0.1, -0.05) is 6.07 Å². The summed E-state index contributed by atoms with van der Waals surface area (Å²) in [5.74, 6) is -0.0489. The number of hydrogen-bond acceptors (Lipinski definition) is 4. The summed E-state index contributed by atoms with van der Waals surface area (Å²) in [6, 6.07) is 5.02. The van der Waals surface area contributed by atoms with Crippen LogP contribution in [0.5, 0.6) is 5.75 Å². The van der Waals surface area contributed by atoms with E-state index in [0.29, 0.717) is 0 Å². The third-order valence-electron chi connectivity index (χ3n) is 4.75. The van der Waals surface area contributed by atoms with Crippen molar-refractivity contribution in [2.24, 2.45) is 5.41 Å². The molecule has 0 unspecified atom stereocenters. The fourth-order valence-electron chi connectivity index (χ4n) is 3.51. The van der Waals surface area contributed by atoms with E-state index in [1.54, 1.807) is 19.2 Å². The van der Waals surface area contributed by atoms with Gasteiger partial charge in [0.1, 0.15) is 0 Å². The van der Waals surface area contributed by atoms with Crippen molar-refractivity contribution in [1.82, 2.24) is 4.90 Å². The number of nitrogens with zero attached hydrogens (tertiary/aromatic N) is 1. The van der Waals surface area contributed by atoms with Gasteiger partial charge in [-0.3, -0.25) is 4.90 Å². The van der Waals surface area contributed by atoms with Gasteiger partial charge in [0.2, 0.25) is 0 Å². The minimum Gasteiger partial charge on any atom is -0.494 e. The van der Waals surface area contributed by atoms with Crippen LogP contribution < -0.4 is 4.74 Å². The van der Waals surface area contributed by atoms with E-state index < -0.39 is 0 Å². The van der Waals surface area contributed by atoms with Gasteiger partial charge in [0.15, 0.2) is 11.6 Å². The average Bonchev–Trinajstić information content (AvgIpc) is 2.57. The monoisotopic (exact) mass is 325 g/mol. The third-order valence-corrected chi connectivity index (χ3v) is 4.75. The molecule has 130 valence electrons. The van der Waals surface area contributed by atoms with Crippen LogP contribution in [-0.4, -0.2) is 50.5 Å². The van der Waals surface area contributed by atoms with Gasteiger partial charge in [0.05, 0.1) is 7.11 Å². The van der Waals surface area contributed by atoms with E-state index in [4.69, 9.17) is 9.47 Å². The first kappa shape index (κ1) is 18.2. The van der Waals surface area contributed by atoms with Crippen LogP contribution in [-0.2, 0) is 11.3 Å². The van der Waals surface area contributed by atoms with Crippen LogP contribution in [0.1, 0.15) is 31.2 Å². The van der Waals surface area contributed by atoms with Crippen molar-refractivity contribution >= 4 is 0 Å². The van der Waals surface area contributed by atoms with Crippen molar-refractivity contribution in [3.8, 4) is 5.75 Å². The number of aliphatic hydroxyl groups excluding tert-OH is 1. The lowest BCUT2D eigenvalue weighted by molar-refractivity contribution is 0.0158. The SMILES string of the molecule is COCCC[C@]1(CO)CCCN(Cc2ccc(F)c(OC)c2)C1. The number of hydrogen-bond donors (Lipinski definition) is 1. The van der Waals surface area contributed by atoms with E-state index >= 15 is 0 Å². The second kappa shape index (κ2) is 8.62. The Labute approximate surface area is 138 Å². The molecule has 2 rings (SSSR count). The number of rotatable bonds is 8. The van der Waals surface area contributed by atoms with Gasteiger partial charge < -0.3 is 14.6 Å². The maximum Gasteiger partial charge on any atom is 0.165 e. The molecule has 1 fully saturated rings. The molecule has 23 heavy (non-hydrogen) atoms. The summed E-state index contributed by atoms with van der Waals surface area (Å²) in [7, 11) is 3.19. The van der Waals surface area contributed by atoms with Crippen LogP contribution in [0, 0.1) is 11.2 Å². The van der Waals surface area contributed by atoms with Gasteiger partial charge in [0.25, 0.3) is 0 Å².